The third kappa shape index (κ3) is 3.23. The van der Waals surface area contributed by atoms with Gasteiger partial charge in [-0.2, -0.15) is 0 Å². The van der Waals surface area contributed by atoms with Crippen LogP contribution in [0, 0.1) is 41.5 Å². The monoisotopic (exact) mass is 418 g/mol. The summed E-state index contributed by atoms with van der Waals surface area (Å²) in [4.78, 5) is 28.9. The molecule has 4 nitrogen and oxygen atoms in total. The third-order valence-corrected chi connectivity index (χ3v) is 7.10. The molecule has 0 amide bonds. The average molecular weight is 419 g/mol. The summed E-state index contributed by atoms with van der Waals surface area (Å²) in [6.45, 7) is 12.6. The van der Waals surface area contributed by atoms with Crippen LogP contribution in [0.2, 0.25) is 0 Å². The van der Waals surface area contributed by atoms with Gasteiger partial charge in [0.25, 0.3) is 5.56 Å². The number of fused-ring (bicyclic) bond motifs is 1. The Labute approximate surface area is 180 Å². The molecule has 0 N–H and O–H groups in total. The molecule has 154 valence electrons. The van der Waals surface area contributed by atoms with Crippen LogP contribution in [0.5, 0.6) is 0 Å². The predicted octanol–water partition coefficient (Wildman–Crippen LogP) is 5.11. The lowest BCUT2D eigenvalue weighted by Crippen LogP contribution is -2.39. The van der Waals surface area contributed by atoms with Gasteiger partial charge in [0.1, 0.15) is 4.83 Å². The Balaban J connectivity index is 2.09. The maximum atomic E-state index is 13.7. The van der Waals surface area contributed by atoms with E-state index in [9.17, 15) is 9.59 Å². The van der Waals surface area contributed by atoms with Crippen LogP contribution in [-0.4, -0.2) is 9.13 Å². The Morgan fingerprint density at radius 2 is 1.53 bits per heavy atom. The van der Waals surface area contributed by atoms with Gasteiger partial charge in [-0.15, -0.1) is 11.3 Å². The molecule has 0 atom stereocenters. The van der Waals surface area contributed by atoms with Crippen LogP contribution in [0.25, 0.3) is 15.9 Å². The highest BCUT2D eigenvalue weighted by atomic mass is 32.1. The lowest BCUT2D eigenvalue weighted by molar-refractivity contribution is 0.713. The van der Waals surface area contributed by atoms with Gasteiger partial charge < -0.3 is 0 Å². The Morgan fingerprint density at radius 1 is 0.867 bits per heavy atom. The maximum absolute atomic E-state index is 13.7. The van der Waals surface area contributed by atoms with Gasteiger partial charge in [-0.05, 0) is 81.5 Å². The second-order valence-corrected chi connectivity index (χ2v) is 9.39. The van der Waals surface area contributed by atoms with Gasteiger partial charge in [0.05, 0.1) is 17.6 Å². The Kier molecular flexibility index (Phi) is 5.02. The van der Waals surface area contributed by atoms with Gasteiger partial charge >= 0.3 is 5.69 Å². The number of hydrogen-bond acceptors (Lipinski definition) is 3. The van der Waals surface area contributed by atoms with Crippen molar-refractivity contribution >= 4 is 21.6 Å². The number of hydrogen-bond donors (Lipinski definition) is 0. The van der Waals surface area contributed by atoms with Crippen molar-refractivity contribution in [1.82, 2.24) is 9.13 Å². The van der Waals surface area contributed by atoms with Crippen molar-refractivity contribution in [1.29, 1.82) is 0 Å². The molecule has 0 bridgehead atoms. The molecule has 0 radical (unpaired) electrons. The highest BCUT2D eigenvalue weighted by Gasteiger charge is 2.20. The van der Waals surface area contributed by atoms with E-state index in [0.29, 0.717) is 17.6 Å². The fourth-order valence-electron chi connectivity index (χ4n) is 4.21. The van der Waals surface area contributed by atoms with Gasteiger partial charge in [-0.25, -0.2) is 9.36 Å². The molecule has 2 aromatic heterocycles. The van der Waals surface area contributed by atoms with Crippen molar-refractivity contribution < 1.29 is 0 Å². The molecule has 4 rings (SSSR count). The summed E-state index contributed by atoms with van der Waals surface area (Å²) >= 11 is 1.52. The predicted molar refractivity (Wildman–Crippen MR) is 126 cm³/mol. The lowest BCUT2D eigenvalue weighted by Gasteiger charge is -2.16. The highest BCUT2D eigenvalue weighted by Crippen LogP contribution is 2.28. The highest BCUT2D eigenvalue weighted by molar-refractivity contribution is 7.18. The second kappa shape index (κ2) is 7.40. The summed E-state index contributed by atoms with van der Waals surface area (Å²) in [5, 5.41) is 0.640. The summed E-state index contributed by atoms with van der Waals surface area (Å²) in [7, 11) is 0. The van der Waals surface area contributed by atoms with Crippen LogP contribution in [0.1, 0.15) is 38.3 Å². The van der Waals surface area contributed by atoms with E-state index in [1.54, 1.807) is 4.57 Å². The van der Waals surface area contributed by atoms with Crippen molar-refractivity contribution in [3.05, 3.63) is 95.5 Å². The van der Waals surface area contributed by atoms with E-state index in [4.69, 9.17) is 0 Å². The molecule has 0 spiro atoms. The van der Waals surface area contributed by atoms with E-state index in [0.717, 1.165) is 37.5 Å². The Bertz CT molecular complexity index is 1400. The summed E-state index contributed by atoms with van der Waals surface area (Å²) in [6.07, 6.45) is 0. The average Bonchev–Trinajstić information content (AvgIpc) is 2.95. The SMILES string of the molecule is Cc1cccc(-n2c(=O)c3c(C)c(C)sc3n(Cc3c(C)cc(C)cc3C)c2=O)c1. The molecule has 5 heteroatoms. The largest absolute Gasteiger partial charge is 0.337 e. The molecule has 0 saturated heterocycles. The number of aryl methyl sites for hydroxylation is 6. The van der Waals surface area contributed by atoms with Crippen LogP contribution < -0.4 is 11.2 Å². The zero-order valence-corrected chi connectivity index (χ0v) is 19.1. The van der Waals surface area contributed by atoms with Crippen LogP contribution in [0.15, 0.2) is 46.0 Å². The summed E-state index contributed by atoms with van der Waals surface area (Å²) < 4.78 is 3.10. The number of nitrogens with zero attached hydrogens (tertiary/aromatic N) is 2. The fraction of sp³-hybridized carbons (Fsp3) is 0.280. The van der Waals surface area contributed by atoms with Gasteiger partial charge in [0.15, 0.2) is 0 Å². The molecule has 0 aliphatic carbocycles. The first-order valence-electron chi connectivity index (χ1n) is 10.1. The van der Waals surface area contributed by atoms with Crippen molar-refractivity contribution in [3.8, 4) is 5.69 Å². The van der Waals surface area contributed by atoms with E-state index in [-0.39, 0.29) is 11.2 Å². The number of benzene rings is 2. The Morgan fingerprint density at radius 3 is 2.17 bits per heavy atom. The number of rotatable bonds is 3. The maximum Gasteiger partial charge on any atom is 0.337 e. The van der Waals surface area contributed by atoms with E-state index >= 15 is 0 Å². The molecule has 30 heavy (non-hydrogen) atoms. The minimum Gasteiger partial charge on any atom is -0.279 e. The molecular weight excluding hydrogens is 392 g/mol. The number of aromatic nitrogens is 2. The topological polar surface area (TPSA) is 44.0 Å². The van der Waals surface area contributed by atoms with Gasteiger partial charge in [-0.1, -0.05) is 29.8 Å². The van der Waals surface area contributed by atoms with Gasteiger partial charge in [0.2, 0.25) is 0 Å². The number of thiophene rings is 1. The summed E-state index contributed by atoms with van der Waals surface area (Å²) in [5.74, 6) is 0. The van der Waals surface area contributed by atoms with E-state index < -0.39 is 0 Å². The quantitative estimate of drug-likeness (QED) is 0.464. The molecule has 0 aliphatic heterocycles. The van der Waals surface area contributed by atoms with E-state index in [1.807, 2.05) is 45.0 Å². The molecule has 0 fully saturated rings. The summed E-state index contributed by atoms with van der Waals surface area (Å²) in [5.41, 5.74) is 6.69. The Hall–Kier alpha value is -2.92. The second-order valence-electron chi connectivity index (χ2n) is 8.19. The molecule has 4 aromatic rings. The van der Waals surface area contributed by atoms with Crippen molar-refractivity contribution in [2.45, 2.75) is 48.1 Å². The minimum absolute atomic E-state index is 0.240. The standard InChI is InChI=1S/C25H26N2O2S/c1-14-8-7-9-20(12-14)27-23(28)22-18(5)19(6)30-24(22)26(25(27)29)13-21-16(3)10-15(2)11-17(21)4/h7-12H,13H2,1-6H3. The van der Waals surface area contributed by atoms with Crippen molar-refractivity contribution in [2.75, 3.05) is 0 Å². The summed E-state index contributed by atoms with van der Waals surface area (Å²) in [6, 6.07) is 11.8. The van der Waals surface area contributed by atoms with Gasteiger partial charge in [0, 0.05) is 4.88 Å². The third-order valence-electron chi connectivity index (χ3n) is 5.87. The molecule has 2 heterocycles. The first-order valence-corrected chi connectivity index (χ1v) is 10.9. The smallest absolute Gasteiger partial charge is 0.279 e. The zero-order valence-electron chi connectivity index (χ0n) is 18.3. The zero-order chi connectivity index (χ0) is 21.7. The van der Waals surface area contributed by atoms with E-state index in [2.05, 4.69) is 32.9 Å². The van der Waals surface area contributed by atoms with Gasteiger partial charge in [-0.3, -0.25) is 9.36 Å². The van der Waals surface area contributed by atoms with Crippen LogP contribution in [0.3, 0.4) is 0 Å². The molecule has 0 unspecified atom stereocenters. The minimum atomic E-state index is -0.293. The molecule has 0 saturated carbocycles. The van der Waals surface area contributed by atoms with Crippen LogP contribution >= 0.6 is 11.3 Å². The fourth-order valence-corrected chi connectivity index (χ4v) is 5.35. The van der Waals surface area contributed by atoms with Crippen molar-refractivity contribution in [3.63, 3.8) is 0 Å². The van der Waals surface area contributed by atoms with Crippen molar-refractivity contribution in [2.24, 2.45) is 0 Å². The van der Waals surface area contributed by atoms with Crippen LogP contribution in [-0.2, 0) is 6.54 Å². The molecular formula is C25H26N2O2S. The normalized spacial score (nSPS) is 11.4. The first kappa shape index (κ1) is 20.4. The first-order chi connectivity index (χ1) is 14.2. The lowest BCUT2D eigenvalue weighted by atomic mass is 10.00. The molecule has 0 aliphatic rings. The van der Waals surface area contributed by atoms with Crippen LogP contribution in [0.4, 0.5) is 0 Å². The van der Waals surface area contributed by atoms with E-state index in [1.165, 1.54) is 21.5 Å². The molecule has 2 aromatic carbocycles.